The zero-order chi connectivity index (χ0) is 17.0. The molecule has 0 saturated carbocycles. The van der Waals surface area contributed by atoms with Crippen molar-refractivity contribution < 1.29 is 13.2 Å². The van der Waals surface area contributed by atoms with E-state index in [1.807, 2.05) is 13.8 Å². The molecule has 0 aliphatic heterocycles. The fraction of sp³-hybridized carbons (Fsp3) is 0.643. The maximum atomic E-state index is 12.4. The first-order valence-corrected chi connectivity index (χ1v) is 9.54. The smallest absolute Gasteiger partial charge is 0.252 e. The fourth-order valence-electron chi connectivity index (χ4n) is 1.85. The van der Waals surface area contributed by atoms with Crippen LogP contribution in [0.25, 0.3) is 0 Å². The van der Waals surface area contributed by atoms with E-state index < -0.39 is 15.6 Å². The highest BCUT2D eigenvalue weighted by molar-refractivity contribution is 7.91. The van der Waals surface area contributed by atoms with E-state index in [1.165, 1.54) is 15.6 Å². The van der Waals surface area contributed by atoms with Gasteiger partial charge in [-0.05, 0) is 32.4 Å². The lowest BCUT2D eigenvalue weighted by molar-refractivity contribution is -0.125. The Labute approximate surface area is 136 Å². The molecule has 1 heterocycles. The van der Waals surface area contributed by atoms with Gasteiger partial charge in [0.2, 0.25) is 5.91 Å². The van der Waals surface area contributed by atoms with Gasteiger partial charge in [0.25, 0.3) is 10.0 Å². The van der Waals surface area contributed by atoms with Gasteiger partial charge in [0, 0.05) is 24.5 Å². The second kappa shape index (κ2) is 7.54. The minimum atomic E-state index is -3.40. The Balaban J connectivity index is 2.68. The van der Waals surface area contributed by atoms with Crippen molar-refractivity contribution in [3.8, 4) is 0 Å². The summed E-state index contributed by atoms with van der Waals surface area (Å²) in [4.78, 5) is 12.6. The number of carbonyl (C=O) groups excluding carboxylic acids is 1. The zero-order valence-corrected chi connectivity index (χ0v) is 15.2. The summed E-state index contributed by atoms with van der Waals surface area (Å²) in [5.41, 5.74) is 4.78. The zero-order valence-electron chi connectivity index (χ0n) is 13.5. The van der Waals surface area contributed by atoms with Gasteiger partial charge >= 0.3 is 0 Å². The van der Waals surface area contributed by atoms with Crippen molar-refractivity contribution in [3.63, 3.8) is 0 Å². The van der Waals surface area contributed by atoms with Crippen molar-refractivity contribution in [2.75, 3.05) is 19.6 Å². The lowest BCUT2D eigenvalue weighted by atomic mass is 10.1. The van der Waals surface area contributed by atoms with Crippen LogP contribution in [0, 0.1) is 0 Å². The predicted molar refractivity (Wildman–Crippen MR) is 89.4 cm³/mol. The minimum Gasteiger partial charge on any atom is -0.354 e. The number of nitrogens with one attached hydrogen (secondary N) is 1. The van der Waals surface area contributed by atoms with E-state index >= 15 is 0 Å². The highest BCUT2D eigenvalue weighted by atomic mass is 32.2. The summed E-state index contributed by atoms with van der Waals surface area (Å²) < 4.78 is 26.5. The highest BCUT2D eigenvalue weighted by Gasteiger charge is 2.24. The van der Waals surface area contributed by atoms with E-state index in [4.69, 9.17) is 5.73 Å². The summed E-state index contributed by atoms with van der Waals surface area (Å²) >= 11 is 1.25. The van der Waals surface area contributed by atoms with Gasteiger partial charge in [-0.15, -0.1) is 11.3 Å². The maximum absolute atomic E-state index is 12.4. The standard InChI is InChI=1S/C14H25N3O3S2/c1-5-17(6-2)22(19,20)12-8-7-11(21-12)9-10-16-13(18)14(3,4)15/h7-8H,5-6,9-10,15H2,1-4H3,(H,16,18). The third kappa shape index (κ3) is 4.77. The molecule has 22 heavy (non-hydrogen) atoms. The Morgan fingerprint density at radius 1 is 1.32 bits per heavy atom. The van der Waals surface area contributed by atoms with Gasteiger partial charge in [-0.25, -0.2) is 8.42 Å². The molecule has 0 saturated heterocycles. The molecule has 1 aromatic rings. The molecular weight excluding hydrogens is 322 g/mol. The van der Waals surface area contributed by atoms with Crippen LogP contribution in [0.3, 0.4) is 0 Å². The number of thiophene rings is 1. The predicted octanol–water partition coefficient (Wildman–Crippen LogP) is 1.17. The van der Waals surface area contributed by atoms with Crippen LogP contribution in [0.1, 0.15) is 32.6 Å². The summed E-state index contributed by atoms with van der Waals surface area (Å²) in [5, 5.41) is 2.75. The summed E-state index contributed by atoms with van der Waals surface area (Å²) in [6.45, 7) is 8.26. The highest BCUT2D eigenvalue weighted by Crippen LogP contribution is 2.25. The topological polar surface area (TPSA) is 92.5 Å². The number of hydrogen-bond acceptors (Lipinski definition) is 5. The molecule has 0 aromatic carbocycles. The first kappa shape index (κ1) is 19.1. The van der Waals surface area contributed by atoms with Crippen molar-refractivity contribution in [1.82, 2.24) is 9.62 Å². The van der Waals surface area contributed by atoms with E-state index in [0.717, 1.165) is 4.88 Å². The van der Waals surface area contributed by atoms with Crippen LogP contribution in [0.5, 0.6) is 0 Å². The molecule has 8 heteroatoms. The number of amides is 1. The monoisotopic (exact) mass is 347 g/mol. The van der Waals surface area contributed by atoms with Crippen LogP contribution in [0.15, 0.2) is 16.3 Å². The first-order valence-electron chi connectivity index (χ1n) is 7.29. The first-order chi connectivity index (χ1) is 10.1. The lowest BCUT2D eigenvalue weighted by Crippen LogP contribution is -2.49. The molecule has 0 aliphatic carbocycles. The summed E-state index contributed by atoms with van der Waals surface area (Å²) in [6.07, 6.45) is 0.584. The summed E-state index contributed by atoms with van der Waals surface area (Å²) in [6, 6.07) is 3.42. The third-order valence-corrected chi connectivity index (χ3v) is 6.84. The quantitative estimate of drug-likeness (QED) is 0.738. The SMILES string of the molecule is CCN(CC)S(=O)(=O)c1ccc(CCNC(=O)C(C)(C)N)s1. The average molecular weight is 348 g/mol. The van der Waals surface area contributed by atoms with Crippen molar-refractivity contribution in [1.29, 1.82) is 0 Å². The van der Waals surface area contributed by atoms with Crippen LogP contribution in [0.4, 0.5) is 0 Å². The van der Waals surface area contributed by atoms with E-state index in [2.05, 4.69) is 5.32 Å². The molecule has 6 nitrogen and oxygen atoms in total. The minimum absolute atomic E-state index is 0.222. The van der Waals surface area contributed by atoms with Gasteiger partial charge in [-0.3, -0.25) is 4.79 Å². The Morgan fingerprint density at radius 3 is 2.41 bits per heavy atom. The molecule has 1 aromatic heterocycles. The molecular formula is C14H25N3O3S2. The van der Waals surface area contributed by atoms with E-state index in [9.17, 15) is 13.2 Å². The van der Waals surface area contributed by atoms with Crippen molar-refractivity contribution in [3.05, 3.63) is 17.0 Å². The van der Waals surface area contributed by atoms with Crippen molar-refractivity contribution in [2.45, 2.75) is 43.9 Å². The molecule has 1 amide bonds. The number of rotatable bonds is 8. The Morgan fingerprint density at radius 2 is 1.91 bits per heavy atom. The molecule has 1 rings (SSSR count). The normalized spacial score (nSPS) is 12.6. The Bertz CT molecular complexity index is 599. The van der Waals surface area contributed by atoms with Crippen LogP contribution in [-0.4, -0.2) is 43.8 Å². The van der Waals surface area contributed by atoms with Gasteiger partial charge < -0.3 is 11.1 Å². The maximum Gasteiger partial charge on any atom is 0.252 e. The third-order valence-electron chi connectivity index (χ3n) is 3.18. The number of nitrogens with two attached hydrogens (primary N) is 1. The molecule has 3 N–H and O–H groups in total. The molecule has 0 fully saturated rings. The van der Waals surface area contributed by atoms with Crippen molar-refractivity contribution in [2.24, 2.45) is 5.73 Å². The second-order valence-electron chi connectivity index (χ2n) is 5.54. The van der Waals surface area contributed by atoms with Gasteiger partial charge in [-0.1, -0.05) is 13.8 Å². The number of sulfonamides is 1. The summed E-state index contributed by atoms with van der Waals surface area (Å²) in [7, 11) is -3.40. The van der Waals surface area contributed by atoms with Crippen LogP contribution in [-0.2, 0) is 21.2 Å². The van der Waals surface area contributed by atoms with Crippen LogP contribution >= 0.6 is 11.3 Å². The molecule has 0 bridgehead atoms. The van der Waals surface area contributed by atoms with Gasteiger partial charge in [-0.2, -0.15) is 4.31 Å². The molecule has 0 aliphatic rings. The van der Waals surface area contributed by atoms with Crippen LogP contribution < -0.4 is 11.1 Å². The largest absolute Gasteiger partial charge is 0.354 e. The number of carbonyl (C=O) groups is 1. The van der Waals surface area contributed by atoms with Gasteiger partial charge in [0.15, 0.2) is 0 Å². The number of nitrogens with zero attached hydrogens (tertiary/aromatic N) is 1. The molecule has 0 radical (unpaired) electrons. The molecule has 0 atom stereocenters. The molecule has 0 unspecified atom stereocenters. The van der Waals surface area contributed by atoms with Gasteiger partial charge in [0.05, 0.1) is 5.54 Å². The van der Waals surface area contributed by atoms with Crippen LogP contribution in [0.2, 0.25) is 0 Å². The van der Waals surface area contributed by atoms with Crippen molar-refractivity contribution >= 4 is 27.3 Å². The average Bonchev–Trinajstić information content (AvgIpc) is 2.88. The second-order valence-corrected chi connectivity index (χ2v) is 8.87. The van der Waals surface area contributed by atoms with E-state index in [0.29, 0.717) is 30.3 Å². The van der Waals surface area contributed by atoms with E-state index in [1.54, 1.807) is 26.0 Å². The van der Waals surface area contributed by atoms with Gasteiger partial charge in [0.1, 0.15) is 4.21 Å². The fourth-order valence-corrected chi connectivity index (χ4v) is 4.82. The Hall–Kier alpha value is -0.960. The number of hydrogen-bond donors (Lipinski definition) is 2. The summed E-state index contributed by atoms with van der Waals surface area (Å²) in [5.74, 6) is -0.222. The van der Waals surface area contributed by atoms with E-state index in [-0.39, 0.29) is 5.91 Å². The molecule has 126 valence electrons. The molecule has 0 spiro atoms. The Kier molecular flexibility index (Phi) is 6.54. The lowest BCUT2D eigenvalue weighted by Gasteiger charge is -2.17.